The van der Waals surface area contributed by atoms with Crippen molar-refractivity contribution >= 4 is 29.3 Å². The molecule has 10 heavy (non-hydrogen) atoms. The Morgan fingerprint density at radius 2 is 1.40 bits per heavy atom. The summed E-state index contributed by atoms with van der Waals surface area (Å²) in [6.45, 7) is 3.92. The van der Waals surface area contributed by atoms with E-state index < -0.39 is 0 Å². The molecule has 0 radical (unpaired) electrons. The summed E-state index contributed by atoms with van der Waals surface area (Å²) in [5.41, 5.74) is 0. The van der Waals surface area contributed by atoms with Gasteiger partial charge in [0.25, 0.3) is 0 Å². The highest BCUT2D eigenvalue weighted by atomic mass is 32.2. The highest BCUT2D eigenvalue weighted by molar-refractivity contribution is 8.01. The van der Waals surface area contributed by atoms with E-state index in [1.54, 1.807) is 23.5 Å². The molecule has 0 spiro atoms. The Morgan fingerprint density at radius 3 is 1.60 bits per heavy atom. The first-order valence-electron chi connectivity index (χ1n) is 3.22. The van der Waals surface area contributed by atoms with Gasteiger partial charge in [-0.05, 0) is 26.4 Å². The van der Waals surface area contributed by atoms with Crippen LogP contribution in [0.25, 0.3) is 0 Å². The molecule has 0 fully saturated rings. The summed E-state index contributed by atoms with van der Waals surface area (Å²) in [4.78, 5) is 11.3. The van der Waals surface area contributed by atoms with Crippen molar-refractivity contribution in [1.29, 1.82) is 0 Å². The van der Waals surface area contributed by atoms with Crippen LogP contribution in [0.3, 0.4) is 0 Å². The lowest BCUT2D eigenvalue weighted by molar-refractivity contribution is -0.117. The molecule has 0 saturated heterocycles. The lowest BCUT2D eigenvalue weighted by Gasteiger charge is -2.11. The topological polar surface area (TPSA) is 17.1 Å². The highest BCUT2D eigenvalue weighted by Gasteiger charge is 2.17. The second-order valence-corrected chi connectivity index (χ2v) is 4.52. The molecular weight excluding hydrogens is 164 g/mol. The first-order chi connectivity index (χ1) is 4.63. The van der Waals surface area contributed by atoms with Gasteiger partial charge in [0.2, 0.25) is 0 Å². The van der Waals surface area contributed by atoms with E-state index in [-0.39, 0.29) is 10.5 Å². The maximum atomic E-state index is 11.3. The second-order valence-electron chi connectivity index (χ2n) is 2.16. The van der Waals surface area contributed by atoms with Gasteiger partial charge >= 0.3 is 0 Å². The summed E-state index contributed by atoms with van der Waals surface area (Å²) >= 11 is 3.23. The van der Waals surface area contributed by atoms with Crippen molar-refractivity contribution in [3.8, 4) is 0 Å². The maximum absolute atomic E-state index is 11.3. The number of carbonyl (C=O) groups excluding carboxylic acids is 1. The number of carbonyl (C=O) groups is 1. The molecule has 0 rings (SSSR count). The summed E-state index contributed by atoms with van der Waals surface area (Å²) in [5, 5.41) is 0.310. The first kappa shape index (κ1) is 10.4. The van der Waals surface area contributed by atoms with E-state index in [4.69, 9.17) is 0 Å². The average Bonchev–Trinajstić information content (AvgIpc) is 2.00. The van der Waals surface area contributed by atoms with Crippen LogP contribution in [-0.4, -0.2) is 28.8 Å². The van der Waals surface area contributed by atoms with Crippen LogP contribution in [0.1, 0.15) is 13.8 Å². The summed E-state index contributed by atoms with van der Waals surface area (Å²) in [5.74, 6) is 0.347. The summed E-state index contributed by atoms with van der Waals surface area (Å²) in [6.07, 6.45) is 3.94. The predicted octanol–water partition coefficient (Wildman–Crippen LogP) is 2.06. The summed E-state index contributed by atoms with van der Waals surface area (Å²) < 4.78 is 0. The molecule has 0 aromatic rings. The Bertz CT molecular complexity index is 102. The fourth-order valence-electron chi connectivity index (χ4n) is 0.563. The van der Waals surface area contributed by atoms with Crippen LogP contribution in [-0.2, 0) is 4.79 Å². The molecule has 0 aromatic carbocycles. The molecule has 3 heteroatoms. The molecule has 2 unspecified atom stereocenters. The van der Waals surface area contributed by atoms with Crippen LogP contribution >= 0.6 is 23.5 Å². The van der Waals surface area contributed by atoms with E-state index in [9.17, 15) is 4.79 Å². The average molecular weight is 178 g/mol. The van der Waals surface area contributed by atoms with Crippen molar-refractivity contribution in [1.82, 2.24) is 0 Å². The van der Waals surface area contributed by atoms with E-state index in [0.717, 1.165) is 0 Å². The third-order valence-corrected chi connectivity index (χ3v) is 3.39. The Hall–Kier alpha value is 0.370. The second kappa shape index (κ2) is 5.08. The number of ketones is 1. The van der Waals surface area contributed by atoms with Crippen molar-refractivity contribution in [3.05, 3.63) is 0 Å². The third kappa shape index (κ3) is 2.97. The third-order valence-electron chi connectivity index (χ3n) is 1.51. The minimum Gasteiger partial charge on any atom is -0.297 e. The van der Waals surface area contributed by atoms with Crippen LogP contribution in [0.4, 0.5) is 0 Å². The van der Waals surface area contributed by atoms with E-state index >= 15 is 0 Å². The zero-order valence-corrected chi connectivity index (χ0v) is 8.51. The maximum Gasteiger partial charge on any atom is 0.158 e. The quantitative estimate of drug-likeness (QED) is 0.656. The molecule has 0 amide bonds. The number of hydrogen-bond donors (Lipinski definition) is 0. The van der Waals surface area contributed by atoms with Crippen LogP contribution in [0.2, 0.25) is 0 Å². The molecule has 1 nitrogen and oxygen atoms in total. The predicted molar refractivity (Wildman–Crippen MR) is 51.0 cm³/mol. The van der Waals surface area contributed by atoms with Crippen LogP contribution < -0.4 is 0 Å². The number of Topliss-reactive ketones (excluding diaryl/α,β-unsaturated/α-hetero) is 1. The van der Waals surface area contributed by atoms with Crippen LogP contribution in [0.5, 0.6) is 0 Å². The Morgan fingerprint density at radius 1 is 1.10 bits per heavy atom. The van der Waals surface area contributed by atoms with Crippen molar-refractivity contribution in [3.63, 3.8) is 0 Å². The Balaban J connectivity index is 3.82. The van der Waals surface area contributed by atoms with Gasteiger partial charge in [0.15, 0.2) is 5.78 Å². The normalized spacial score (nSPS) is 16.4. The van der Waals surface area contributed by atoms with Gasteiger partial charge in [-0.1, -0.05) is 0 Å². The molecule has 0 saturated carbocycles. The Kier molecular flexibility index (Phi) is 5.27. The van der Waals surface area contributed by atoms with Gasteiger partial charge in [0.05, 0.1) is 10.5 Å². The van der Waals surface area contributed by atoms with Gasteiger partial charge < -0.3 is 0 Å². The van der Waals surface area contributed by atoms with Gasteiger partial charge in [-0.25, -0.2) is 0 Å². The first-order valence-corrected chi connectivity index (χ1v) is 5.80. The van der Waals surface area contributed by atoms with Gasteiger partial charge in [-0.15, -0.1) is 0 Å². The monoisotopic (exact) mass is 178 g/mol. The highest BCUT2D eigenvalue weighted by Crippen LogP contribution is 2.15. The van der Waals surface area contributed by atoms with Gasteiger partial charge in [0, 0.05) is 0 Å². The minimum absolute atomic E-state index is 0.155. The largest absolute Gasteiger partial charge is 0.297 e. The SMILES string of the molecule is CSC(C)C(=O)C(C)SC. The number of thioether (sulfide) groups is 2. The molecule has 0 heterocycles. The molecular formula is C7H14OS2. The fraction of sp³-hybridized carbons (Fsp3) is 0.857. The van der Waals surface area contributed by atoms with Crippen molar-refractivity contribution in [2.45, 2.75) is 24.3 Å². The van der Waals surface area contributed by atoms with E-state index in [1.807, 2.05) is 26.4 Å². The number of rotatable bonds is 4. The van der Waals surface area contributed by atoms with Crippen molar-refractivity contribution in [2.75, 3.05) is 12.5 Å². The molecule has 0 bridgehead atoms. The zero-order valence-electron chi connectivity index (χ0n) is 6.88. The van der Waals surface area contributed by atoms with Crippen LogP contribution in [0, 0.1) is 0 Å². The summed E-state index contributed by atoms with van der Waals surface area (Å²) in [7, 11) is 0. The lowest BCUT2D eigenvalue weighted by atomic mass is 10.2. The zero-order chi connectivity index (χ0) is 8.15. The molecule has 0 aliphatic carbocycles. The van der Waals surface area contributed by atoms with Crippen molar-refractivity contribution < 1.29 is 4.79 Å². The minimum atomic E-state index is 0.155. The van der Waals surface area contributed by atoms with E-state index in [2.05, 4.69) is 0 Å². The Labute approximate surface area is 71.3 Å². The number of hydrogen-bond acceptors (Lipinski definition) is 3. The van der Waals surface area contributed by atoms with Gasteiger partial charge in [-0.2, -0.15) is 23.5 Å². The van der Waals surface area contributed by atoms with Crippen LogP contribution in [0.15, 0.2) is 0 Å². The fourth-order valence-corrected chi connectivity index (χ4v) is 1.52. The smallest absolute Gasteiger partial charge is 0.158 e. The standard InChI is InChI=1S/C7H14OS2/c1-5(9-3)7(8)6(2)10-4/h5-6H,1-4H3. The van der Waals surface area contributed by atoms with Crippen molar-refractivity contribution in [2.24, 2.45) is 0 Å². The molecule has 0 aliphatic heterocycles. The van der Waals surface area contributed by atoms with Gasteiger partial charge in [0.1, 0.15) is 0 Å². The molecule has 0 aliphatic rings. The van der Waals surface area contributed by atoms with Gasteiger partial charge in [-0.3, -0.25) is 4.79 Å². The molecule has 2 atom stereocenters. The summed E-state index contributed by atoms with van der Waals surface area (Å²) in [6, 6.07) is 0. The lowest BCUT2D eigenvalue weighted by Crippen LogP contribution is -2.22. The van der Waals surface area contributed by atoms with E-state index in [0.29, 0.717) is 5.78 Å². The molecule has 0 N–H and O–H groups in total. The molecule has 60 valence electrons. The van der Waals surface area contributed by atoms with E-state index in [1.165, 1.54) is 0 Å². The molecule has 0 aromatic heterocycles.